The Labute approximate surface area is 183 Å². The quantitative estimate of drug-likeness (QED) is 0.599. The molecule has 3 aromatic rings. The molecule has 0 saturated carbocycles. The van der Waals surface area contributed by atoms with Crippen molar-refractivity contribution in [1.82, 2.24) is 9.88 Å². The van der Waals surface area contributed by atoms with Crippen LogP contribution in [0.1, 0.15) is 22.5 Å². The lowest BCUT2D eigenvalue weighted by Crippen LogP contribution is -2.43. The Morgan fingerprint density at radius 2 is 2.07 bits per heavy atom. The average Bonchev–Trinajstić information content (AvgIpc) is 3.30. The second kappa shape index (κ2) is 9.28. The fourth-order valence-electron chi connectivity index (χ4n) is 3.36. The van der Waals surface area contributed by atoms with E-state index in [-0.39, 0.29) is 17.7 Å². The number of nitrogens with one attached hydrogen (secondary N) is 1. The molecule has 2 aromatic heterocycles. The molecule has 30 heavy (non-hydrogen) atoms. The zero-order valence-corrected chi connectivity index (χ0v) is 17.7. The Hall–Kier alpha value is -2.90. The van der Waals surface area contributed by atoms with Crippen LogP contribution in [0, 0.1) is 5.92 Å². The number of pyridine rings is 1. The molecule has 0 bridgehead atoms. The number of aromatic nitrogens is 1. The van der Waals surface area contributed by atoms with Crippen molar-refractivity contribution in [3.8, 4) is 11.6 Å². The van der Waals surface area contributed by atoms with Crippen LogP contribution in [0.5, 0.6) is 11.6 Å². The summed E-state index contributed by atoms with van der Waals surface area (Å²) in [6.07, 6.45) is 3.11. The smallest absolute Gasteiger partial charge is 0.263 e. The van der Waals surface area contributed by atoms with Crippen molar-refractivity contribution in [3.63, 3.8) is 0 Å². The number of amides is 2. The van der Waals surface area contributed by atoms with Gasteiger partial charge in [0.2, 0.25) is 11.8 Å². The molecule has 1 atom stereocenters. The van der Waals surface area contributed by atoms with Gasteiger partial charge in [0.25, 0.3) is 5.91 Å². The summed E-state index contributed by atoms with van der Waals surface area (Å²) < 4.78 is 5.72. The molecule has 1 unspecified atom stereocenters. The minimum Gasteiger partial charge on any atom is -0.437 e. The highest BCUT2D eigenvalue weighted by atomic mass is 35.5. The van der Waals surface area contributed by atoms with Gasteiger partial charge in [0, 0.05) is 31.0 Å². The number of thiophene rings is 1. The summed E-state index contributed by atoms with van der Waals surface area (Å²) in [5, 5.41) is 5.28. The third kappa shape index (κ3) is 4.80. The van der Waals surface area contributed by atoms with Crippen molar-refractivity contribution >= 4 is 40.4 Å². The Kier molecular flexibility index (Phi) is 6.30. The van der Waals surface area contributed by atoms with Gasteiger partial charge in [-0.15, -0.1) is 11.3 Å². The molecular weight excluding hydrogens is 422 g/mol. The van der Waals surface area contributed by atoms with Gasteiger partial charge in [-0.05, 0) is 42.5 Å². The van der Waals surface area contributed by atoms with Crippen LogP contribution in [0.3, 0.4) is 0 Å². The molecule has 0 spiro atoms. The molecule has 3 heterocycles. The van der Waals surface area contributed by atoms with Crippen molar-refractivity contribution in [2.45, 2.75) is 12.8 Å². The molecule has 1 aliphatic heterocycles. The summed E-state index contributed by atoms with van der Waals surface area (Å²) in [6, 6.07) is 14.1. The Morgan fingerprint density at radius 3 is 2.87 bits per heavy atom. The molecule has 154 valence electrons. The summed E-state index contributed by atoms with van der Waals surface area (Å²) in [7, 11) is 0. The number of carbonyl (C=O) groups excluding carboxylic acids is 2. The van der Waals surface area contributed by atoms with Crippen LogP contribution in [-0.4, -0.2) is 34.8 Å². The number of para-hydroxylation sites is 1. The number of benzene rings is 1. The van der Waals surface area contributed by atoms with Crippen LogP contribution in [0.15, 0.2) is 60.1 Å². The highest BCUT2D eigenvalue weighted by Gasteiger charge is 2.29. The van der Waals surface area contributed by atoms with Gasteiger partial charge in [-0.3, -0.25) is 9.59 Å². The van der Waals surface area contributed by atoms with Crippen molar-refractivity contribution in [1.29, 1.82) is 0 Å². The van der Waals surface area contributed by atoms with Crippen molar-refractivity contribution < 1.29 is 14.3 Å². The summed E-state index contributed by atoms with van der Waals surface area (Å²) in [5.41, 5.74) is 0.582. The molecule has 8 heteroatoms. The van der Waals surface area contributed by atoms with Gasteiger partial charge in [0.1, 0.15) is 5.75 Å². The lowest BCUT2D eigenvalue weighted by atomic mass is 9.97. The number of hydrogen-bond donors (Lipinski definition) is 1. The second-order valence-corrected chi connectivity index (χ2v) is 8.33. The molecular formula is C22H20ClN3O3S. The van der Waals surface area contributed by atoms with Crippen LogP contribution < -0.4 is 10.1 Å². The van der Waals surface area contributed by atoms with Gasteiger partial charge in [0.15, 0.2) is 0 Å². The Morgan fingerprint density at radius 1 is 1.20 bits per heavy atom. The zero-order valence-electron chi connectivity index (χ0n) is 16.1. The Balaban J connectivity index is 1.40. The zero-order chi connectivity index (χ0) is 20.9. The first-order valence-electron chi connectivity index (χ1n) is 9.62. The van der Waals surface area contributed by atoms with Gasteiger partial charge >= 0.3 is 0 Å². The molecule has 1 saturated heterocycles. The van der Waals surface area contributed by atoms with Crippen molar-refractivity contribution in [2.24, 2.45) is 5.92 Å². The highest BCUT2D eigenvalue weighted by molar-refractivity contribution is 7.12. The molecule has 1 N–H and O–H groups in total. The third-order valence-electron chi connectivity index (χ3n) is 4.86. The maximum Gasteiger partial charge on any atom is 0.263 e. The molecule has 1 fully saturated rings. The molecule has 0 aliphatic carbocycles. The van der Waals surface area contributed by atoms with Crippen LogP contribution in [-0.2, 0) is 4.79 Å². The first-order valence-corrected chi connectivity index (χ1v) is 10.9. The third-order valence-corrected chi connectivity index (χ3v) is 6.04. The van der Waals surface area contributed by atoms with E-state index in [1.54, 1.807) is 35.4 Å². The number of rotatable bonds is 5. The van der Waals surface area contributed by atoms with E-state index in [4.69, 9.17) is 16.3 Å². The number of likely N-dealkylation sites (tertiary alicyclic amines) is 1. The lowest BCUT2D eigenvalue weighted by molar-refractivity contribution is -0.121. The van der Waals surface area contributed by atoms with E-state index in [1.165, 1.54) is 11.3 Å². The summed E-state index contributed by atoms with van der Waals surface area (Å²) >= 11 is 7.54. The summed E-state index contributed by atoms with van der Waals surface area (Å²) in [4.78, 5) is 32.1. The number of anilines is 1. The van der Waals surface area contributed by atoms with E-state index in [9.17, 15) is 9.59 Å². The predicted molar refractivity (Wildman–Crippen MR) is 117 cm³/mol. The average molecular weight is 442 g/mol. The first kappa shape index (κ1) is 20.4. The van der Waals surface area contributed by atoms with E-state index < -0.39 is 0 Å². The van der Waals surface area contributed by atoms with Crippen molar-refractivity contribution in [3.05, 3.63) is 70.0 Å². The number of carbonyl (C=O) groups is 2. The van der Waals surface area contributed by atoms with E-state index >= 15 is 0 Å². The molecule has 2 amide bonds. The number of ether oxygens (including phenoxy) is 1. The van der Waals surface area contributed by atoms with Gasteiger partial charge < -0.3 is 15.0 Å². The van der Waals surface area contributed by atoms with Gasteiger partial charge in [-0.25, -0.2) is 4.98 Å². The number of hydrogen-bond acceptors (Lipinski definition) is 5. The van der Waals surface area contributed by atoms with E-state index in [0.29, 0.717) is 40.3 Å². The standard InChI is InChI=1S/C22H20ClN3O3S/c23-17-6-1-2-7-18(17)29-20-13-16(9-10-24-20)25-21(27)15-5-3-11-26(14-15)22(28)19-8-4-12-30-19/h1-2,4,6-10,12-13,15H,3,5,11,14H2,(H,24,25,27). The lowest BCUT2D eigenvalue weighted by Gasteiger charge is -2.31. The monoisotopic (exact) mass is 441 g/mol. The van der Waals surface area contributed by atoms with E-state index in [1.807, 2.05) is 29.6 Å². The maximum absolute atomic E-state index is 12.8. The topological polar surface area (TPSA) is 71.5 Å². The normalized spacial score (nSPS) is 16.2. The predicted octanol–water partition coefficient (Wildman–Crippen LogP) is 5.08. The summed E-state index contributed by atoms with van der Waals surface area (Å²) in [6.45, 7) is 1.09. The first-order chi connectivity index (χ1) is 14.6. The number of nitrogens with zero attached hydrogens (tertiary/aromatic N) is 2. The van der Waals surface area contributed by atoms with E-state index in [0.717, 1.165) is 12.8 Å². The van der Waals surface area contributed by atoms with Gasteiger partial charge in [-0.2, -0.15) is 0 Å². The second-order valence-electron chi connectivity index (χ2n) is 6.97. The van der Waals surface area contributed by atoms with Gasteiger partial charge in [-0.1, -0.05) is 29.8 Å². The molecule has 1 aliphatic rings. The van der Waals surface area contributed by atoms with Crippen LogP contribution in [0.4, 0.5) is 5.69 Å². The van der Waals surface area contributed by atoms with Crippen LogP contribution in [0.2, 0.25) is 5.02 Å². The fraction of sp³-hybridized carbons (Fsp3) is 0.227. The maximum atomic E-state index is 12.8. The number of piperidine rings is 1. The van der Waals surface area contributed by atoms with Gasteiger partial charge in [0.05, 0.1) is 15.8 Å². The highest BCUT2D eigenvalue weighted by Crippen LogP contribution is 2.29. The largest absolute Gasteiger partial charge is 0.437 e. The SMILES string of the molecule is O=C(Nc1ccnc(Oc2ccccc2Cl)c1)C1CCCN(C(=O)c2cccs2)C1. The minimum absolute atomic E-state index is 0.0122. The molecule has 0 radical (unpaired) electrons. The van der Waals surface area contributed by atoms with Crippen LogP contribution in [0.25, 0.3) is 0 Å². The molecule has 1 aromatic carbocycles. The van der Waals surface area contributed by atoms with E-state index in [2.05, 4.69) is 10.3 Å². The Bertz CT molecular complexity index is 1040. The molecule has 6 nitrogen and oxygen atoms in total. The summed E-state index contributed by atoms with van der Waals surface area (Å²) in [5.74, 6) is 0.434. The van der Waals surface area contributed by atoms with Crippen molar-refractivity contribution in [2.75, 3.05) is 18.4 Å². The fourth-order valence-corrected chi connectivity index (χ4v) is 4.22. The van der Waals surface area contributed by atoms with Crippen LogP contribution >= 0.6 is 22.9 Å². The molecule has 4 rings (SSSR count). The number of halogens is 1. The minimum atomic E-state index is -0.260.